The predicted octanol–water partition coefficient (Wildman–Crippen LogP) is 5.44. The van der Waals surface area contributed by atoms with E-state index in [1.807, 2.05) is 24.3 Å². The van der Waals surface area contributed by atoms with Crippen molar-refractivity contribution in [3.8, 4) is 0 Å². The Balaban J connectivity index is 1.37. The highest BCUT2D eigenvalue weighted by atomic mass is 16.1. The second kappa shape index (κ2) is 11.6. The summed E-state index contributed by atoms with van der Waals surface area (Å²) in [5.74, 6) is 0.479. The van der Waals surface area contributed by atoms with E-state index in [0.717, 1.165) is 31.4 Å². The van der Waals surface area contributed by atoms with E-state index in [1.54, 1.807) is 24.5 Å². The minimum absolute atomic E-state index is 0.0545. The van der Waals surface area contributed by atoms with Crippen LogP contribution < -0.4 is 5.32 Å². The van der Waals surface area contributed by atoms with Crippen LogP contribution in [-0.2, 0) is 10.3 Å². The molecule has 1 aromatic heterocycles. The molecule has 1 N–H and O–H groups in total. The van der Waals surface area contributed by atoms with Crippen molar-refractivity contribution in [2.45, 2.75) is 24.8 Å². The number of piperidine rings is 1. The third-order valence-electron chi connectivity index (χ3n) is 6.79. The van der Waals surface area contributed by atoms with Crippen LogP contribution in [0, 0.1) is 5.92 Å². The summed E-state index contributed by atoms with van der Waals surface area (Å²) in [6.07, 6.45) is 13.8. The standard InChI is InChI=1S/C30H33N3O/c1-33-22-19-25(18-21-32-29(34)17-9-8-11-26-12-10-20-31-24-26)23-30(33,27-13-4-2-5-14-27)28-15-6-3-7-16-28/h2-17,20,24-25H,18-19,21-23H2,1H3,(H,32,34). The average molecular weight is 452 g/mol. The van der Waals surface area contributed by atoms with Crippen LogP contribution in [0.1, 0.15) is 36.0 Å². The van der Waals surface area contributed by atoms with Crippen LogP contribution in [0.3, 0.4) is 0 Å². The number of likely N-dealkylation sites (tertiary alicyclic amines) is 1. The van der Waals surface area contributed by atoms with Crippen LogP contribution in [0.25, 0.3) is 6.08 Å². The highest BCUT2D eigenvalue weighted by Gasteiger charge is 2.43. The Morgan fingerprint density at radius 1 is 1.03 bits per heavy atom. The zero-order valence-electron chi connectivity index (χ0n) is 19.8. The van der Waals surface area contributed by atoms with Crippen molar-refractivity contribution < 1.29 is 4.79 Å². The zero-order valence-corrected chi connectivity index (χ0v) is 19.8. The molecule has 34 heavy (non-hydrogen) atoms. The molecule has 1 atom stereocenters. The van der Waals surface area contributed by atoms with Gasteiger partial charge in [0.25, 0.3) is 0 Å². The lowest BCUT2D eigenvalue weighted by Gasteiger charge is -2.49. The van der Waals surface area contributed by atoms with Crippen molar-refractivity contribution in [1.29, 1.82) is 0 Å². The van der Waals surface area contributed by atoms with Gasteiger partial charge in [-0.3, -0.25) is 14.7 Å². The van der Waals surface area contributed by atoms with Gasteiger partial charge in [0.2, 0.25) is 5.91 Å². The molecule has 2 heterocycles. The largest absolute Gasteiger partial charge is 0.353 e. The number of rotatable bonds is 8. The molecule has 1 aliphatic heterocycles. The summed E-state index contributed by atoms with van der Waals surface area (Å²) in [6.45, 7) is 1.71. The van der Waals surface area contributed by atoms with Gasteiger partial charge >= 0.3 is 0 Å². The first kappa shape index (κ1) is 23.7. The molecule has 1 aliphatic rings. The van der Waals surface area contributed by atoms with E-state index in [0.29, 0.717) is 12.5 Å². The van der Waals surface area contributed by atoms with Gasteiger partial charge in [-0.15, -0.1) is 0 Å². The van der Waals surface area contributed by atoms with Crippen LogP contribution in [-0.4, -0.2) is 35.9 Å². The Kier molecular flexibility index (Phi) is 8.05. The molecule has 1 saturated heterocycles. The number of carbonyl (C=O) groups excluding carboxylic acids is 1. The molecule has 2 aromatic carbocycles. The normalized spacial score (nSPS) is 18.3. The lowest BCUT2D eigenvalue weighted by molar-refractivity contribution is -0.116. The highest BCUT2D eigenvalue weighted by molar-refractivity contribution is 5.87. The SMILES string of the molecule is CN1CCC(CCNC(=O)C=CC=Cc2cccnc2)CC1(c1ccccc1)c1ccccc1. The van der Waals surface area contributed by atoms with E-state index >= 15 is 0 Å². The first-order valence-electron chi connectivity index (χ1n) is 12.0. The third kappa shape index (κ3) is 5.70. The van der Waals surface area contributed by atoms with E-state index in [2.05, 4.69) is 82.9 Å². The molecular formula is C30H33N3O. The van der Waals surface area contributed by atoms with Crippen molar-refractivity contribution in [3.05, 3.63) is 120 Å². The van der Waals surface area contributed by atoms with Crippen LogP contribution in [0.15, 0.2) is 103 Å². The molecule has 0 aliphatic carbocycles. The zero-order chi connectivity index (χ0) is 23.6. The molecule has 0 saturated carbocycles. The number of aromatic nitrogens is 1. The summed E-state index contributed by atoms with van der Waals surface area (Å²) in [5, 5.41) is 3.06. The molecule has 174 valence electrons. The molecule has 0 spiro atoms. The predicted molar refractivity (Wildman–Crippen MR) is 139 cm³/mol. The monoisotopic (exact) mass is 451 g/mol. The summed E-state index contributed by atoms with van der Waals surface area (Å²) in [6, 6.07) is 25.5. The lowest BCUT2D eigenvalue weighted by atomic mass is 9.71. The Bertz CT molecular complexity index is 1050. The quantitative estimate of drug-likeness (QED) is 0.366. The van der Waals surface area contributed by atoms with Gasteiger partial charge in [-0.1, -0.05) is 85.0 Å². The van der Waals surface area contributed by atoms with E-state index in [-0.39, 0.29) is 11.4 Å². The average Bonchev–Trinajstić information content (AvgIpc) is 2.89. The number of benzene rings is 2. The molecule has 0 bridgehead atoms. The second-order valence-electron chi connectivity index (χ2n) is 8.96. The van der Waals surface area contributed by atoms with Crippen LogP contribution >= 0.6 is 0 Å². The fourth-order valence-electron chi connectivity index (χ4n) is 5.00. The van der Waals surface area contributed by atoms with Gasteiger partial charge in [-0.25, -0.2) is 0 Å². The van der Waals surface area contributed by atoms with Crippen molar-refractivity contribution in [2.75, 3.05) is 20.1 Å². The fraction of sp³-hybridized carbons (Fsp3) is 0.267. The topological polar surface area (TPSA) is 45.2 Å². The van der Waals surface area contributed by atoms with Gasteiger partial charge < -0.3 is 5.32 Å². The molecule has 1 fully saturated rings. The summed E-state index contributed by atoms with van der Waals surface area (Å²) >= 11 is 0. The molecule has 0 radical (unpaired) electrons. The molecule has 4 nitrogen and oxygen atoms in total. The molecule has 3 aromatic rings. The van der Waals surface area contributed by atoms with Gasteiger partial charge in [0.1, 0.15) is 0 Å². The van der Waals surface area contributed by atoms with Crippen LogP contribution in [0.2, 0.25) is 0 Å². The number of pyridine rings is 1. The first-order valence-corrected chi connectivity index (χ1v) is 12.0. The third-order valence-corrected chi connectivity index (χ3v) is 6.79. The van der Waals surface area contributed by atoms with Crippen LogP contribution in [0.5, 0.6) is 0 Å². The van der Waals surface area contributed by atoms with Crippen molar-refractivity contribution in [3.63, 3.8) is 0 Å². The Morgan fingerprint density at radius 3 is 2.38 bits per heavy atom. The minimum Gasteiger partial charge on any atom is -0.353 e. The smallest absolute Gasteiger partial charge is 0.243 e. The number of hydrogen-bond donors (Lipinski definition) is 1. The summed E-state index contributed by atoms with van der Waals surface area (Å²) in [5.41, 5.74) is 3.53. The molecule has 1 amide bonds. The van der Waals surface area contributed by atoms with Crippen LogP contribution in [0.4, 0.5) is 0 Å². The maximum atomic E-state index is 12.3. The van der Waals surface area contributed by atoms with Crippen molar-refractivity contribution in [1.82, 2.24) is 15.2 Å². The molecule has 1 unspecified atom stereocenters. The Labute approximate surface area is 203 Å². The number of hydrogen-bond acceptors (Lipinski definition) is 3. The van der Waals surface area contributed by atoms with Gasteiger partial charge in [0.15, 0.2) is 0 Å². The molecular weight excluding hydrogens is 418 g/mol. The molecule has 4 heteroatoms. The van der Waals surface area contributed by atoms with Gasteiger partial charge in [-0.2, -0.15) is 0 Å². The second-order valence-corrected chi connectivity index (χ2v) is 8.96. The first-order chi connectivity index (χ1) is 16.7. The minimum atomic E-state index is -0.146. The maximum Gasteiger partial charge on any atom is 0.243 e. The van der Waals surface area contributed by atoms with Gasteiger partial charge in [-0.05, 0) is 61.5 Å². The number of nitrogens with one attached hydrogen (secondary N) is 1. The molecule has 4 rings (SSSR count). The van der Waals surface area contributed by atoms with Crippen molar-refractivity contribution >= 4 is 12.0 Å². The van der Waals surface area contributed by atoms with E-state index in [9.17, 15) is 4.79 Å². The Morgan fingerprint density at radius 2 is 1.74 bits per heavy atom. The maximum absolute atomic E-state index is 12.3. The lowest BCUT2D eigenvalue weighted by Crippen LogP contribution is -2.50. The van der Waals surface area contributed by atoms with E-state index in [4.69, 9.17) is 0 Å². The summed E-state index contributed by atoms with van der Waals surface area (Å²) < 4.78 is 0. The van der Waals surface area contributed by atoms with Gasteiger partial charge in [0.05, 0.1) is 5.54 Å². The van der Waals surface area contributed by atoms with E-state index < -0.39 is 0 Å². The summed E-state index contributed by atoms with van der Waals surface area (Å²) in [4.78, 5) is 18.8. The van der Waals surface area contributed by atoms with Crippen molar-refractivity contribution in [2.24, 2.45) is 5.92 Å². The van der Waals surface area contributed by atoms with Gasteiger partial charge in [0, 0.05) is 25.0 Å². The Hall–Kier alpha value is -3.50. The highest BCUT2D eigenvalue weighted by Crippen LogP contribution is 2.45. The number of nitrogens with zero attached hydrogens (tertiary/aromatic N) is 2. The summed E-state index contributed by atoms with van der Waals surface area (Å²) in [7, 11) is 2.24. The fourth-order valence-corrected chi connectivity index (χ4v) is 5.00. The number of allylic oxidation sites excluding steroid dienone is 2. The number of amides is 1. The number of carbonyl (C=O) groups is 1. The van der Waals surface area contributed by atoms with E-state index in [1.165, 1.54) is 11.1 Å².